The lowest BCUT2D eigenvalue weighted by molar-refractivity contribution is 0.481. The Morgan fingerprint density at radius 2 is 2.18 bits per heavy atom. The lowest BCUT2D eigenvalue weighted by Crippen LogP contribution is -1.98. The van der Waals surface area contributed by atoms with Crippen LogP contribution in [0.5, 0.6) is 0 Å². The average molecular weight is 175 g/mol. The van der Waals surface area contributed by atoms with E-state index in [1.54, 1.807) is 0 Å². The van der Waals surface area contributed by atoms with Crippen LogP contribution in [-0.2, 0) is 10.1 Å². The molecule has 0 atom stereocenters. The van der Waals surface area contributed by atoms with Crippen molar-refractivity contribution in [2.75, 3.05) is 0 Å². The van der Waals surface area contributed by atoms with Crippen molar-refractivity contribution in [2.24, 2.45) is 0 Å². The molecule has 3 nitrogen and oxygen atoms in total. The fourth-order valence-corrected chi connectivity index (χ4v) is 1.05. The molecule has 1 aromatic carbocycles. The Kier molecular flexibility index (Phi) is 1.92. The first-order valence-electron chi connectivity index (χ1n) is 2.65. The molecule has 59 valence electrons. The van der Waals surface area contributed by atoms with Crippen LogP contribution in [0.3, 0.4) is 0 Å². The number of hydrogen-bond acceptors (Lipinski definition) is 2. The van der Waals surface area contributed by atoms with E-state index in [1.807, 2.05) is 0 Å². The van der Waals surface area contributed by atoms with Crippen molar-refractivity contribution >= 4 is 10.1 Å². The highest BCUT2D eigenvalue weighted by Gasteiger charge is 2.09. The van der Waals surface area contributed by atoms with Crippen LogP contribution >= 0.6 is 0 Å². The summed E-state index contributed by atoms with van der Waals surface area (Å²) >= 11 is 0. The maximum atomic E-state index is 12.3. The van der Waals surface area contributed by atoms with E-state index >= 15 is 0 Å². The van der Waals surface area contributed by atoms with Crippen LogP contribution in [0.15, 0.2) is 23.1 Å². The van der Waals surface area contributed by atoms with Crippen LogP contribution in [0.4, 0.5) is 4.39 Å². The van der Waals surface area contributed by atoms with E-state index in [4.69, 9.17) is 4.55 Å². The molecule has 1 radical (unpaired) electrons. The molecule has 0 bridgehead atoms. The second-order valence-electron chi connectivity index (χ2n) is 1.85. The summed E-state index contributed by atoms with van der Waals surface area (Å²) in [4.78, 5) is -0.558. The Labute approximate surface area is 63.2 Å². The number of rotatable bonds is 1. The van der Waals surface area contributed by atoms with Crippen molar-refractivity contribution in [3.63, 3.8) is 0 Å². The summed E-state index contributed by atoms with van der Waals surface area (Å²) in [7, 11) is -4.32. The molecule has 0 fully saturated rings. The lowest BCUT2D eigenvalue weighted by Gasteiger charge is -1.93. The van der Waals surface area contributed by atoms with Gasteiger partial charge in [-0.25, -0.2) is 4.39 Å². The summed E-state index contributed by atoms with van der Waals surface area (Å²) in [5, 5.41) is 0. The Morgan fingerprint density at radius 3 is 2.55 bits per heavy atom. The zero-order valence-corrected chi connectivity index (χ0v) is 6.10. The van der Waals surface area contributed by atoms with Gasteiger partial charge < -0.3 is 0 Å². The first-order valence-corrected chi connectivity index (χ1v) is 4.09. The second kappa shape index (κ2) is 2.60. The lowest BCUT2D eigenvalue weighted by atomic mass is 10.4. The Morgan fingerprint density at radius 1 is 1.55 bits per heavy atom. The second-order valence-corrected chi connectivity index (χ2v) is 3.24. The van der Waals surface area contributed by atoms with E-state index in [0.717, 1.165) is 12.1 Å². The fraction of sp³-hybridized carbons (Fsp3) is 0. The highest BCUT2D eigenvalue weighted by molar-refractivity contribution is 7.85. The van der Waals surface area contributed by atoms with Gasteiger partial charge in [-0.3, -0.25) is 4.55 Å². The molecule has 0 saturated heterocycles. The third-order valence-corrected chi connectivity index (χ3v) is 1.81. The van der Waals surface area contributed by atoms with Gasteiger partial charge in [-0.1, -0.05) is 6.07 Å². The monoisotopic (exact) mass is 175 g/mol. The zero-order chi connectivity index (χ0) is 8.48. The van der Waals surface area contributed by atoms with E-state index in [2.05, 4.69) is 6.07 Å². The molecule has 0 amide bonds. The predicted molar refractivity (Wildman–Crippen MR) is 35.1 cm³/mol. The van der Waals surface area contributed by atoms with Crippen molar-refractivity contribution in [3.8, 4) is 0 Å². The van der Waals surface area contributed by atoms with Crippen LogP contribution in [-0.4, -0.2) is 13.0 Å². The standard InChI is InChI=1S/C6H4FO3S/c7-5-2-1-3-6(4-5)11(8,9)10/h1-2,4H,(H,8,9,10). The molecule has 0 heterocycles. The van der Waals surface area contributed by atoms with Gasteiger partial charge >= 0.3 is 0 Å². The van der Waals surface area contributed by atoms with Crippen molar-refractivity contribution in [2.45, 2.75) is 4.90 Å². The summed E-state index contributed by atoms with van der Waals surface area (Å²) in [6.45, 7) is 0. The maximum absolute atomic E-state index is 12.3. The van der Waals surface area contributed by atoms with Gasteiger partial charge in [-0.2, -0.15) is 8.42 Å². The molecule has 1 aromatic rings. The number of hydrogen-bond donors (Lipinski definition) is 1. The molecular weight excluding hydrogens is 171 g/mol. The van der Waals surface area contributed by atoms with Gasteiger partial charge in [0, 0.05) is 6.07 Å². The minimum atomic E-state index is -4.32. The zero-order valence-electron chi connectivity index (χ0n) is 5.28. The van der Waals surface area contributed by atoms with Crippen molar-refractivity contribution in [3.05, 3.63) is 30.1 Å². The fourth-order valence-electron chi connectivity index (χ4n) is 0.567. The molecule has 0 aliphatic carbocycles. The average Bonchev–Trinajstić information content (AvgIpc) is 1.86. The summed E-state index contributed by atoms with van der Waals surface area (Å²) < 4.78 is 41.4. The maximum Gasteiger partial charge on any atom is 0.295 e. The van der Waals surface area contributed by atoms with Crippen LogP contribution in [0.25, 0.3) is 0 Å². The molecule has 0 spiro atoms. The van der Waals surface area contributed by atoms with Crippen molar-refractivity contribution in [1.29, 1.82) is 0 Å². The Bertz CT molecular complexity index is 358. The highest BCUT2D eigenvalue weighted by atomic mass is 32.2. The van der Waals surface area contributed by atoms with E-state index in [1.165, 1.54) is 0 Å². The minimum absolute atomic E-state index is 0.558. The minimum Gasteiger partial charge on any atom is -0.282 e. The van der Waals surface area contributed by atoms with Gasteiger partial charge in [0.1, 0.15) is 10.7 Å². The summed E-state index contributed by atoms with van der Waals surface area (Å²) in [6, 6.07) is 4.98. The topological polar surface area (TPSA) is 54.4 Å². The molecule has 5 heteroatoms. The first kappa shape index (κ1) is 8.16. The van der Waals surface area contributed by atoms with Gasteiger partial charge in [0.25, 0.3) is 10.1 Å². The van der Waals surface area contributed by atoms with Gasteiger partial charge in [0.05, 0.1) is 0 Å². The Balaban J connectivity index is 3.28. The third kappa shape index (κ3) is 1.99. The number of benzene rings is 1. The molecule has 0 saturated carbocycles. The molecule has 11 heavy (non-hydrogen) atoms. The third-order valence-electron chi connectivity index (χ3n) is 1.02. The highest BCUT2D eigenvalue weighted by Crippen LogP contribution is 2.08. The molecule has 0 aromatic heterocycles. The number of halogens is 1. The first-order chi connectivity index (χ1) is 5.00. The van der Waals surface area contributed by atoms with E-state index < -0.39 is 20.8 Å². The van der Waals surface area contributed by atoms with Crippen LogP contribution < -0.4 is 0 Å². The van der Waals surface area contributed by atoms with E-state index in [0.29, 0.717) is 6.07 Å². The van der Waals surface area contributed by atoms with Gasteiger partial charge in [-0.15, -0.1) is 0 Å². The van der Waals surface area contributed by atoms with E-state index in [9.17, 15) is 12.8 Å². The van der Waals surface area contributed by atoms with E-state index in [-0.39, 0.29) is 0 Å². The quantitative estimate of drug-likeness (QED) is 0.644. The predicted octanol–water partition coefficient (Wildman–Crippen LogP) is 0.873. The molecule has 0 unspecified atom stereocenters. The largest absolute Gasteiger partial charge is 0.295 e. The summed E-state index contributed by atoms with van der Waals surface area (Å²) in [5.74, 6) is -0.726. The molecule has 1 N–H and O–H groups in total. The molecular formula is C6H4FO3S. The van der Waals surface area contributed by atoms with Gasteiger partial charge in [-0.05, 0) is 12.1 Å². The van der Waals surface area contributed by atoms with Crippen molar-refractivity contribution < 1.29 is 17.4 Å². The normalized spacial score (nSPS) is 11.5. The van der Waals surface area contributed by atoms with Crippen LogP contribution in [0, 0.1) is 11.9 Å². The Hall–Kier alpha value is -0.940. The van der Waals surface area contributed by atoms with Gasteiger partial charge in [0.15, 0.2) is 0 Å². The molecule has 0 aliphatic rings. The molecule has 0 aliphatic heterocycles. The van der Waals surface area contributed by atoms with Crippen LogP contribution in [0.2, 0.25) is 0 Å². The molecule has 1 rings (SSSR count). The SMILES string of the molecule is O=S(=O)(O)c1[c]ccc(F)c1. The summed E-state index contributed by atoms with van der Waals surface area (Å²) in [5.41, 5.74) is 0. The van der Waals surface area contributed by atoms with Crippen molar-refractivity contribution in [1.82, 2.24) is 0 Å². The van der Waals surface area contributed by atoms with Crippen LogP contribution in [0.1, 0.15) is 0 Å². The summed E-state index contributed by atoms with van der Waals surface area (Å²) in [6.07, 6.45) is 0. The smallest absolute Gasteiger partial charge is 0.282 e. The van der Waals surface area contributed by atoms with Gasteiger partial charge in [0.2, 0.25) is 0 Å².